The topological polar surface area (TPSA) is 53.5 Å². The summed E-state index contributed by atoms with van der Waals surface area (Å²) in [4.78, 5) is 35.5. The Bertz CT molecular complexity index is 1210. The molecule has 2 aromatic carbocycles. The van der Waals surface area contributed by atoms with Crippen LogP contribution in [0.2, 0.25) is 0 Å². The molecule has 2 saturated heterocycles. The average Bonchev–Trinajstić information content (AvgIpc) is 3.15. The van der Waals surface area contributed by atoms with Gasteiger partial charge in [-0.1, -0.05) is 36.8 Å². The molecule has 0 N–H and O–H groups in total. The highest BCUT2D eigenvalue weighted by molar-refractivity contribution is 5.98. The average molecular weight is 442 g/mol. The van der Waals surface area contributed by atoms with Gasteiger partial charge >= 0.3 is 0 Å². The highest BCUT2D eigenvalue weighted by atomic mass is 16.2. The third-order valence-corrected chi connectivity index (χ3v) is 7.69. The molecule has 5 heteroatoms. The van der Waals surface area contributed by atoms with Crippen molar-refractivity contribution < 1.29 is 9.59 Å². The van der Waals surface area contributed by atoms with Crippen LogP contribution in [0.5, 0.6) is 0 Å². The van der Waals surface area contributed by atoms with E-state index in [4.69, 9.17) is 0 Å². The molecule has 170 valence electrons. The molecule has 33 heavy (non-hydrogen) atoms. The Morgan fingerprint density at radius 1 is 1.12 bits per heavy atom. The van der Waals surface area contributed by atoms with Crippen LogP contribution in [-0.4, -0.2) is 44.7 Å². The van der Waals surface area contributed by atoms with Gasteiger partial charge in [0.25, 0.3) is 5.91 Å². The number of rotatable bonds is 3. The van der Waals surface area contributed by atoms with Crippen LogP contribution in [-0.2, 0) is 11.3 Å². The van der Waals surface area contributed by atoms with Gasteiger partial charge in [0.2, 0.25) is 5.91 Å². The van der Waals surface area contributed by atoms with Crippen molar-refractivity contribution in [1.29, 1.82) is 0 Å². The Labute approximate surface area is 195 Å². The number of likely N-dealkylation sites (tertiary alicyclic amines) is 2. The standard InChI is InChI=1S/C28H31N3O2/c1-20-8-3-4-9-23(20)19-31-26(32)12-6-5-11-25-28(31,2)15-17-30(25)27(33)22-13-14-24-21(18-22)10-7-16-29-24/h3-4,7-10,13-14,16,18,25H,5-6,11-12,15,17,19H2,1-2H3/t25-,28-/m1/s1. The molecule has 2 aliphatic heterocycles. The SMILES string of the molecule is Cc1ccccc1CN1C(=O)CCCC[C@H]2N(C(=O)c3ccc4ncccc4c3)CC[C@]21C. The molecule has 1 aromatic heterocycles. The number of hydrogen-bond acceptors (Lipinski definition) is 3. The van der Waals surface area contributed by atoms with Crippen molar-refractivity contribution in [1.82, 2.24) is 14.8 Å². The lowest BCUT2D eigenvalue weighted by Gasteiger charge is -2.45. The van der Waals surface area contributed by atoms with E-state index in [2.05, 4.69) is 35.9 Å². The lowest BCUT2D eigenvalue weighted by Crippen LogP contribution is -2.58. The molecule has 0 saturated carbocycles. The maximum atomic E-state index is 13.7. The second kappa shape index (κ2) is 8.62. The molecule has 3 heterocycles. The van der Waals surface area contributed by atoms with Crippen molar-refractivity contribution in [3.05, 3.63) is 77.5 Å². The molecular weight excluding hydrogens is 410 g/mol. The van der Waals surface area contributed by atoms with E-state index in [-0.39, 0.29) is 23.4 Å². The van der Waals surface area contributed by atoms with Crippen LogP contribution >= 0.6 is 0 Å². The zero-order valence-electron chi connectivity index (χ0n) is 19.5. The summed E-state index contributed by atoms with van der Waals surface area (Å²) < 4.78 is 0. The summed E-state index contributed by atoms with van der Waals surface area (Å²) in [5, 5.41) is 0.972. The Morgan fingerprint density at radius 2 is 1.97 bits per heavy atom. The monoisotopic (exact) mass is 441 g/mol. The summed E-state index contributed by atoms with van der Waals surface area (Å²) >= 11 is 0. The van der Waals surface area contributed by atoms with E-state index in [1.54, 1.807) is 6.20 Å². The first-order valence-corrected chi connectivity index (χ1v) is 12.0. The molecule has 2 amide bonds. The molecule has 0 radical (unpaired) electrons. The van der Waals surface area contributed by atoms with Gasteiger partial charge in [-0.15, -0.1) is 0 Å². The molecule has 0 bridgehead atoms. The van der Waals surface area contributed by atoms with Crippen LogP contribution in [0.1, 0.15) is 60.5 Å². The number of carbonyl (C=O) groups is 2. The van der Waals surface area contributed by atoms with E-state index in [1.165, 1.54) is 11.1 Å². The maximum absolute atomic E-state index is 13.7. The number of aromatic nitrogens is 1. The van der Waals surface area contributed by atoms with Crippen LogP contribution in [0, 0.1) is 6.92 Å². The first kappa shape index (κ1) is 21.6. The van der Waals surface area contributed by atoms with Gasteiger partial charge in [0.15, 0.2) is 0 Å². The minimum atomic E-state index is -0.367. The third-order valence-electron chi connectivity index (χ3n) is 7.69. The summed E-state index contributed by atoms with van der Waals surface area (Å²) in [5.74, 6) is 0.259. The molecule has 3 aromatic rings. The zero-order valence-corrected chi connectivity index (χ0v) is 19.5. The number of aryl methyl sites for hydroxylation is 1. The molecular formula is C28H31N3O2. The van der Waals surface area contributed by atoms with Gasteiger partial charge < -0.3 is 9.80 Å². The molecule has 2 atom stereocenters. The van der Waals surface area contributed by atoms with E-state index in [1.807, 2.05) is 47.4 Å². The van der Waals surface area contributed by atoms with Crippen molar-refractivity contribution in [2.24, 2.45) is 0 Å². The predicted octanol–water partition coefficient (Wildman–Crippen LogP) is 5.12. The van der Waals surface area contributed by atoms with Gasteiger partial charge in [0.05, 0.1) is 17.1 Å². The molecule has 0 spiro atoms. The van der Waals surface area contributed by atoms with Crippen LogP contribution in [0.25, 0.3) is 10.9 Å². The second-order valence-electron chi connectivity index (χ2n) is 9.68. The summed E-state index contributed by atoms with van der Waals surface area (Å²) in [6, 6.07) is 17.9. The van der Waals surface area contributed by atoms with E-state index in [9.17, 15) is 9.59 Å². The van der Waals surface area contributed by atoms with Crippen LogP contribution in [0.15, 0.2) is 60.8 Å². The van der Waals surface area contributed by atoms with Crippen LogP contribution in [0.3, 0.4) is 0 Å². The number of pyridine rings is 1. The predicted molar refractivity (Wildman–Crippen MR) is 130 cm³/mol. The molecule has 5 rings (SSSR count). The fourth-order valence-corrected chi connectivity index (χ4v) is 5.66. The highest BCUT2D eigenvalue weighted by Crippen LogP contribution is 2.40. The summed E-state index contributed by atoms with van der Waals surface area (Å²) in [6.45, 7) is 5.56. The molecule has 2 aliphatic rings. The van der Waals surface area contributed by atoms with Gasteiger partial charge in [-0.2, -0.15) is 0 Å². The Hall–Kier alpha value is -3.21. The Balaban J connectivity index is 1.47. The van der Waals surface area contributed by atoms with Crippen molar-refractivity contribution in [2.45, 2.75) is 64.1 Å². The second-order valence-corrected chi connectivity index (χ2v) is 9.68. The normalized spacial score (nSPS) is 23.3. The summed E-state index contributed by atoms with van der Waals surface area (Å²) in [6.07, 6.45) is 5.92. The summed E-state index contributed by atoms with van der Waals surface area (Å²) in [5.41, 5.74) is 3.59. The maximum Gasteiger partial charge on any atom is 0.254 e. The number of benzene rings is 2. The van der Waals surface area contributed by atoms with Crippen molar-refractivity contribution in [3.8, 4) is 0 Å². The van der Waals surface area contributed by atoms with Gasteiger partial charge in [-0.3, -0.25) is 14.6 Å². The molecule has 0 aliphatic carbocycles. The largest absolute Gasteiger partial charge is 0.333 e. The highest BCUT2D eigenvalue weighted by Gasteiger charge is 2.51. The number of fused-ring (bicyclic) bond motifs is 2. The first-order chi connectivity index (χ1) is 16.0. The van der Waals surface area contributed by atoms with Crippen molar-refractivity contribution in [3.63, 3.8) is 0 Å². The minimum absolute atomic E-state index is 0.0165. The lowest BCUT2D eigenvalue weighted by atomic mass is 9.84. The van der Waals surface area contributed by atoms with E-state index in [0.29, 0.717) is 25.1 Å². The smallest absolute Gasteiger partial charge is 0.254 e. The third kappa shape index (κ3) is 3.90. The van der Waals surface area contributed by atoms with Gasteiger partial charge in [0, 0.05) is 36.7 Å². The Morgan fingerprint density at radius 3 is 2.82 bits per heavy atom. The van der Waals surface area contributed by atoms with E-state index >= 15 is 0 Å². The van der Waals surface area contributed by atoms with Crippen LogP contribution < -0.4 is 0 Å². The lowest BCUT2D eigenvalue weighted by molar-refractivity contribution is -0.140. The van der Waals surface area contributed by atoms with E-state index in [0.717, 1.165) is 36.6 Å². The van der Waals surface area contributed by atoms with Crippen molar-refractivity contribution >= 4 is 22.7 Å². The van der Waals surface area contributed by atoms with Gasteiger partial charge in [-0.25, -0.2) is 0 Å². The fraction of sp³-hybridized carbons (Fsp3) is 0.393. The number of amides is 2. The zero-order chi connectivity index (χ0) is 23.0. The van der Waals surface area contributed by atoms with E-state index < -0.39 is 0 Å². The number of hydrogen-bond donors (Lipinski definition) is 0. The van der Waals surface area contributed by atoms with Crippen LogP contribution in [0.4, 0.5) is 0 Å². The van der Waals surface area contributed by atoms with Crippen molar-refractivity contribution in [2.75, 3.05) is 6.54 Å². The van der Waals surface area contributed by atoms with Gasteiger partial charge in [0.1, 0.15) is 0 Å². The molecule has 5 nitrogen and oxygen atoms in total. The molecule has 2 fully saturated rings. The quantitative estimate of drug-likeness (QED) is 0.567. The minimum Gasteiger partial charge on any atom is -0.333 e. The fourth-order valence-electron chi connectivity index (χ4n) is 5.66. The van der Waals surface area contributed by atoms with Gasteiger partial charge in [-0.05, 0) is 68.5 Å². The summed E-state index contributed by atoms with van der Waals surface area (Å²) in [7, 11) is 0. The Kier molecular flexibility index (Phi) is 5.65. The molecule has 0 unspecified atom stereocenters. The first-order valence-electron chi connectivity index (χ1n) is 12.0. The number of carbonyl (C=O) groups excluding carboxylic acids is 2. The number of nitrogens with zero attached hydrogens (tertiary/aromatic N) is 3.